The summed E-state index contributed by atoms with van der Waals surface area (Å²) in [5.41, 5.74) is 13.7. The van der Waals surface area contributed by atoms with E-state index in [2.05, 4.69) is 20.3 Å². The Labute approximate surface area is 126 Å². The SMILES string of the molecule is Nc1ccc(C(=O)NCCn2cnc3c(N)ncnc32)cc1. The molecule has 2 heterocycles. The fourth-order valence-electron chi connectivity index (χ4n) is 2.09. The number of rotatable bonds is 4. The van der Waals surface area contributed by atoms with E-state index in [-0.39, 0.29) is 5.91 Å². The van der Waals surface area contributed by atoms with Crippen molar-refractivity contribution in [1.29, 1.82) is 0 Å². The summed E-state index contributed by atoms with van der Waals surface area (Å²) in [5, 5.41) is 2.83. The highest BCUT2D eigenvalue weighted by Crippen LogP contribution is 2.13. The molecule has 0 fully saturated rings. The van der Waals surface area contributed by atoms with Crippen LogP contribution in [0.5, 0.6) is 0 Å². The number of nitrogens with zero attached hydrogens (tertiary/aromatic N) is 4. The van der Waals surface area contributed by atoms with E-state index in [1.165, 1.54) is 6.33 Å². The number of carbonyl (C=O) groups excluding carboxylic acids is 1. The second-order valence-corrected chi connectivity index (χ2v) is 4.75. The van der Waals surface area contributed by atoms with Crippen LogP contribution in [0.15, 0.2) is 36.9 Å². The van der Waals surface area contributed by atoms with Gasteiger partial charge in [-0.3, -0.25) is 4.79 Å². The summed E-state index contributed by atoms with van der Waals surface area (Å²) in [5.74, 6) is 0.188. The van der Waals surface area contributed by atoms with E-state index in [0.29, 0.717) is 41.3 Å². The lowest BCUT2D eigenvalue weighted by atomic mass is 10.2. The molecule has 0 radical (unpaired) electrons. The molecule has 2 aromatic heterocycles. The van der Waals surface area contributed by atoms with Crippen molar-refractivity contribution in [3.63, 3.8) is 0 Å². The minimum atomic E-state index is -0.154. The third kappa shape index (κ3) is 2.66. The van der Waals surface area contributed by atoms with Crippen LogP contribution in [0.25, 0.3) is 11.2 Å². The number of nitrogen functional groups attached to an aromatic ring is 2. The molecule has 0 aliphatic rings. The first-order chi connectivity index (χ1) is 10.6. The number of carbonyl (C=O) groups is 1. The van der Waals surface area contributed by atoms with Crippen molar-refractivity contribution in [2.45, 2.75) is 6.54 Å². The predicted octanol–water partition coefficient (Wildman–Crippen LogP) is 0.421. The Bertz CT molecular complexity index is 810. The highest BCUT2D eigenvalue weighted by molar-refractivity contribution is 5.94. The molecule has 0 saturated heterocycles. The summed E-state index contributed by atoms with van der Waals surface area (Å²) in [4.78, 5) is 24.2. The van der Waals surface area contributed by atoms with E-state index in [9.17, 15) is 4.79 Å². The van der Waals surface area contributed by atoms with E-state index in [4.69, 9.17) is 11.5 Å². The minimum Gasteiger partial charge on any atom is -0.399 e. The lowest BCUT2D eigenvalue weighted by molar-refractivity contribution is 0.0952. The molecule has 1 aromatic carbocycles. The average molecular weight is 297 g/mol. The highest BCUT2D eigenvalue weighted by Gasteiger charge is 2.08. The van der Waals surface area contributed by atoms with Gasteiger partial charge in [0.15, 0.2) is 11.5 Å². The van der Waals surface area contributed by atoms with E-state index in [0.717, 1.165) is 0 Å². The van der Waals surface area contributed by atoms with Gasteiger partial charge >= 0.3 is 0 Å². The number of fused-ring (bicyclic) bond motifs is 1. The Morgan fingerprint density at radius 3 is 2.68 bits per heavy atom. The monoisotopic (exact) mass is 297 g/mol. The number of nitrogens with two attached hydrogens (primary N) is 2. The normalized spacial score (nSPS) is 10.7. The molecule has 0 aliphatic carbocycles. The zero-order valence-corrected chi connectivity index (χ0v) is 11.7. The molecule has 3 aromatic rings. The van der Waals surface area contributed by atoms with Gasteiger partial charge in [-0.2, -0.15) is 0 Å². The van der Waals surface area contributed by atoms with Crippen LogP contribution in [-0.2, 0) is 6.54 Å². The number of amides is 1. The van der Waals surface area contributed by atoms with Gasteiger partial charge in [-0.15, -0.1) is 0 Å². The number of aromatic nitrogens is 4. The molecule has 3 rings (SSSR count). The number of hydrogen-bond donors (Lipinski definition) is 3. The molecule has 5 N–H and O–H groups in total. The van der Waals surface area contributed by atoms with E-state index < -0.39 is 0 Å². The van der Waals surface area contributed by atoms with Crippen molar-refractivity contribution >= 4 is 28.6 Å². The summed E-state index contributed by atoms with van der Waals surface area (Å²) in [6.45, 7) is 0.978. The van der Waals surface area contributed by atoms with E-state index >= 15 is 0 Å². The van der Waals surface area contributed by atoms with Gasteiger partial charge in [-0.25, -0.2) is 15.0 Å². The molecule has 0 spiro atoms. The first-order valence-electron chi connectivity index (χ1n) is 6.70. The average Bonchev–Trinajstić information content (AvgIpc) is 2.93. The lowest BCUT2D eigenvalue weighted by Crippen LogP contribution is -2.27. The van der Waals surface area contributed by atoms with Crippen LogP contribution >= 0.6 is 0 Å². The second kappa shape index (κ2) is 5.68. The molecular formula is C14H15N7O. The third-order valence-corrected chi connectivity index (χ3v) is 3.24. The minimum absolute atomic E-state index is 0.154. The maximum Gasteiger partial charge on any atom is 0.251 e. The maximum absolute atomic E-state index is 12.0. The fourth-order valence-corrected chi connectivity index (χ4v) is 2.09. The van der Waals surface area contributed by atoms with Crippen molar-refractivity contribution < 1.29 is 4.79 Å². The van der Waals surface area contributed by atoms with Gasteiger partial charge in [0, 0.05) is 24.3 Å². The smallest absolute Gasteiger partial charge is 0.251 e. The quantitative estimate of drug-likeness (QED) is 0.599. The summed E-state index contributed by atoms with van der Waals surface area (Å²) in [6, 6.07) is 6.76. The van der Waals surface area contributed by atoms with Gasteiger partial charge in [0.05, 0.1) is 6.33 Å². The molecular weight excluding hydrogens is 282 g/mol. The number of benzene rings is 1. The Morgan fingerprint density at radius 1 is 1.14 bits per heavy atom. The molecule has 22 heavy (non-hydrogen) atoms. The molecule has 0 unspecified atom stereocenters. The number of nitrogens with one attached hydrogen (secondary N) is 1. The van der Waals surface area contributed by atoms with E-state index in [1.807, 2.05) is 4.57 Å². The lowest BCUT2D eigenvalue weighted by Gasteiger charge is -2.07. The van der Waals surface area contributed by atoms with Gasteiger partial charge in [0.2, 0.25) is 0 Å². The molecule has 8 heteroatoms. The van der Waals surface area contributed by atoms with Crippen molar-refractivity contribution in [3.8, 4) is 0 Å². The molecule has 8 nitrogen and oxygen atoms in total. The van der Waals surface area contributed by atoms with Gasteiger partial charge in [0.25, 0.3) is 5.91 Å². The highest BCUT2D eigenvalue weighted by atomic mass is 16.1. The van der Waals surface area contributed by atoms with Crippen LogP contribution in [0.1, 0.15) is 10.4 Å². The Kier molecular flexibility index (Phi) is 3.57. The molecule has 0 aliphatic heterocycles. The fraction of sp³-hybridized carbons (Fsp3) is 0.143. The Balaban J connectivity index is 1.64. The molecule has 0 atom stereocenters. The summed E-state index contributed by atoms with van der Waals surface area (Å²) in [6.07, 6.45) is 3.02. The maximum atomic E-state index is 12.0. The summed E-state index contributed by atoms with van der Waals surface area (Å²) < 4.78 is 1.82. The Hall–Kier alpha value is -3.16. The summed E-state index contributed by atoms with van der Waals surface area (Å²) >= 11 is 0. The first kappa shape index (κ1) is 13.8. The van der Waals surface area contributed by atoms with E-state index in [1.54, 1.807) is 30.6 Å². The Morgan fingerprint density at radius 2 is 1.91 bits per heavy atom. The van der Waals surface area contributed by atoms with Crippen LogP contribution in [0, 0.1) is 0 Å². The zero-order chi connectivity index (χ0) is 15.5. The van der Waals surface area contributed by atoms with Crippen LogP contribution in [-0.4, -0.2) is 32.0 Å². The number of anilines is 2. The van der Waals surface area contributed by atoms with Gasteiger partial charge in [-0.1, -0.05) is 0 Å². The molecule has 0 saturated carbocycles. The number of imidazole rings is 1. The van der Waals surface area contributed by atoms with Crippen molar-refractivity contribution in [2.75, 3.05) is 18.0 Å². The van der Waals surface area contributed by atoms with Gasteiger partial charge < -0.3 is 21.4 Å². The van der Waals surface area contributed by atoms with Crippen molar-refractivity contribution in [2.24, 2.45) is 0 Å². The molecule has 0 bridgehead atoms. The third-order valence-electron chi connectivity index (χ3n) is 3.24. The second-order valence-electron chi connectivity index (χ2n) is 4.75. The predicted molar refractivity (Wildman–Crippen MR) is 82.9 cm³/mol. The van der Waals surface area contributed by atoms with Crippen LogP contribution in [0.4, 0.5) is 11.5 Å². The first-order valence-corrected chi connectivity index (χ1v) is 6.70. The van der Waals surface area contributed by atoms with Gasteiger partial charge in [0.1, 0.15) is 11.8 Å². The molecule has 1 amide bonds. The topological polar surface area (TPSA) is 125 Å². The van der Waals surface area contributed by atoms with Crippen molar-refractivity contribution in [1.82, 2.24) is 24.8 Å². The molecule has 112 valence electrons. The standard InChI is InChI=1S/C14H15N7O/c15-10-3-1-9(2-4-10)14(22)17-5-6-21-8-20-11-12(16)18-7-19-13(11)21/h1-4,7-8H,5-6,15H2,(H,17,22)(H2,16,18,19). The number of hydrogen-bond acceptors (Lipinski definition) is 6. The summed E-state index contributed by atoms with van der Waals surface area (Å²) in [7, 11) is 0. The van der Waals surface area contributed by atoms with Crippen molar-refractivity contribution in [3.05, 3.63) is 42.5 Å². The van der Waals surface area contributed by atoms with Crippen LogP contribution in [0.3, 0.4) is 0 Å². The zero-order valence-electron chi connectivity index (χ0n) is 11.7. The van der Waals surface area contributed by atoms with Crippen LogP contribution in [0.2, 0.25) is 0 Å². The van der Waals surface area contributed by atoms with Crippen LogP contribution < -0.4 is 16.8 Å². The van der Waals surface area contributed by atoms with Gasteiger partial charge in [-0.05, 0) is 24.3 Å². The largest absolute Gasteiger partial charge is 0.399 e.